The van der Waals surface area contributed by atoms with E-state index in [2.05, 4.69) is 10.6 Å². The average Bonchev–Trinajstić information content (AvgIpc) is 2.34. The Balaban J connectivity index is 2.35. The lowest BCUT2D eigenvalue weighted by molar-refractivity contribution is -0.123. The van der Waals surface area contributed by atoms with E-state index in [0.29, 0.717) is 13.1 Å². The van der Waals surface area contributed by atoms with E-state index in [0.717, 1.165) is 5.56 Å². The molecule has 92 valence electrons. The van der Waals surface area contributed by atoms with Gasteiger partial charge in [-0.3, -0.25) is 9.59 Å². The Kier molecular flexibility index (Phi) is 5.16. The molecule has 0 saturated carbocycles. The standard InChI is InChI=1S/C12H17N3O2/c1-9(16)14-7-8-15-12(17)11(13)10-5-3-2-4-6-10/h2-6,11H,7-8,13H2,1H3,(H,14,16)(H,15,17)/t11-/m1/s1. The summed E-state index contributed by atoms with van der Waals surface area (Å²) in [7, 11) is 0. The van der Waals surface area contributed by atoms with Gasteiger partial charge in [0.2, 0.25) is 11.8 Å². The number of hydrogen-bond donors (Lipinski definition) is 3. The highest BCUT2D eigenvalue weighted by molar-refractivity contribution is 5.82. The molecule has 17 heavy (non-hydrogen) atoms. The maximum atomic E-state index is 11.6. The van der Waals surface area contributed by atoms with Crippen LogP contribution in [0.5, 0.6) is 0 Å². The summed E-state index contributed by atoms with van der Waals surface area (Å²) in [5.74, 6) is -0.367. The molecule has 0 bridgehead atoms. The first kappa shape index (κ1) is 13.2. The highest BCUT2D eigenvalue weighted by Gasteiger charge is 2.14. The van der Waals surface area contributed by atoms with Crippen LogP contribution in [-0.4, -0.2) is 24.9 Å². The molecule has 1 rings (SSSR count). The number of hydrogen-bond acceptors (Lipinski definition) is 3. The minimum atomic E-state index is -0.673. The molecule has 1 atom stereocenters. The van der Waals surface area contributed by atoms with Crippen molar-refractivity contribution in [3.05, 3.63) is 35.9 Å². The smallest absolute Gasteiger partial charge is 0.241 e. The van der Waals surface area contributed by atoms with E-state index in [1.165, 1.54) is 6.92 Å². The first-order valence-electron chi connectivity index (χ1n) is 5.44. The van der Waals surface area contributed by atoms with Crippen molar-refractivity contribution < 1.29 is 9.59 Å². The van der Waals surface area contributed by atoms with E-state index in [-0.39, 0.29) is 11.8 Å². The molecule has 0 aromatic heterocycles. The molecule has 0 unspecified atom stereocenters. The first-order chi connectivity index (χ1) is 8.11. The zero-order valence-electron chi connectivity index (χ0n) is 9.77. The van der Waals surface area contributed by atoms with Crippen LogP contribution in [0.1, 0.15) is 18.5 Å². The van der Waals surface area contributed by atoms with Gasteiger partial charge >= 0.3 is 0 Å². The van der Waals surface area contributed by atoms with Gasteiger partial charge in [-0.05, 0) is 5.56 Å². The van der Waals surface area contributed by atoms with Crippen LogP contribution in [0.2, 0.25) is 0 Å². The summed E-state index contributed by atoms with van der Waals surface area (Å²) in [5, 5.41) is 5.24. The van der Waals surface area contributed by atoms with E-state index in [1.54, 1.807) is 12.1 Å². The van der Waals surface area contributed by atoms with Crippen molar-refractivity contribution in [3.63, 3.8) is 0 Å². The van der Waals surface area contributed by atoms with Crippen LogP contribution < -0.4 is 16.4 Å². The van der Waals surface area contributed by atoms with Gasteiger partial charge in [-0.2, -0.15) is 0 Å². The second-order valence-electron chi connectivity index (χ2n) is 3.66. The van der Waals surface area contributed by atoms with Gasteiger partial charge in [0, 0.05) is 20.0 Å². The quantitative estimate of drug-likeness (QED) is 0.625. The Labute approximate surface area is 100 Å². The van der Waals surface area contributed by atoms with Gasteiger partial charge in [-0.15, -0.1) is 0 Å². The van der Waals surface area contributed by atoms with E-state index in [9.17, 15) is 9.59 Å². The van der Waals surface area contributed by atoms with E-state index < -0.39 is 6.04 Å². The summed E-state index contributed by atoms with van der Waals surface area (Å²) < 4.78 is 0. The molecule has 1 aromatic rings. The van der Waals surface area contributed by atoms with E-state index in [4.69, 9.17) is 5.73 Å². The molecule has 4 N–H and O–H groups in total. The number of nitrogens with one attached hydrogen (secondary N) is 2. The Morgan fingerprint density at radius 3 is 2.35 bits per heavy atom. The van der Waals surface area contributed by atoms with Gasteiger partial charge in [0.25, 0.3) is 0 Å². The summed E-state index contributed by atoms with van der Waals surface area (Å²) in [5.41, 5.74) is 6.55. The lowest BCUT2D eigenvalue weighted by Gasteiger charge is -2.12. The van der Waals surface area contributed by atoms with Crippen molar-refractivity contribution >= 4 is 11.8 Å². The lowest BCUT2D eigenvalue weighted by atomic mass is 10.1. The van der Waals surface area contributed by atoms with Crippen molar-refractivity contribution in [3.8, 4) is 0 Å². The van der Waals surface area contributed by atoms with Crippen molar-refractivity contribution in [2.24, 2.45) is 5.73 Å². The maximum Gasteiger partial charge on any atom is 0.241 e. The van der Waals surface area contributed by atoms with Gasteiger partial charge < -0.3 is 16.4 Å². The molecule has 0 saturated heterocycles. The molecule has 0 aliphatic rings. The fourth-order valence-corrected chi connectivity index (χ4v) is 1.35. The highest BCUT2D eigenvalue weighted by atomic mass is 16.2. The zero-order chi connectivity index (χ0) is 12.7. The van der Waals surface area contributed by atoms with Gasteiger partial charge in [0.05, 0.1) is 0 Å². The lowest BCUT2D eigenvalue weighted by Crippen LogP contribution is -2.38. The predicted octanol–water partition coefficient (Wildman–Crippen LogP) is -0.0613. The topological polar surface area (TPSA) is 84.2 Å². The predicted molar refractivity (Wildman–Crippen MR) is 65.1 cm³/mol. The third kappa shape index (κ3) is 4.65. The third-order valence-corrected chi connectivity index (χ3v) is 2.24. The van der Waals surface area contributed by atoms with Crippen LogP contribution in [0.4, 0.5) is 0 Å². The monoisotopic (exact) mass is 235 g/mol. The average molecular weight is 235 g/mol. The Morgan fingerprint density at radius 2 is 1.76 bits per heavy atom. The Hall–Kier alpha value is -1.88. The molecule has 0 aliphatic carbocycles. The number of benzene rings is 1. The fraction of sp³-hybridized carbons (Fsp3) is 0.333. The second-order valence-corrected chi connectivity index (χ2v) is 3.66. The van der Waals surface area contributed by atoms with Crippen molar-refractivity contribution in [1.29, 1.82) is 0 Å². The molecule has 1 aromatic carbocycles. The molecular formula is C12H17N3O2. The zero-order valence-corrected chi connectivity index (χ0v) is 9.77. The third-order valence-electron chi connectivity index (χ3n) is 2.24. The second kappa shape index (κ2) is 6.65. The van der Waals surface area contributed by atoms with Crippen LogP contribution in [0, 0.1) is 0 Å². The molecule has 0 spiro atoms. The molecule has 0 aliphatic heterocycles. The van der Waals surface area contributed by atoms with Gasteiger partial charge in [0.1, 0.15) is 6.04 Å². The van der Waals surface area contributed by atoms with Gasteiger partial charge in [-0.1, -0.05) is 30.3 Å². The summed E-state index contributed by atoms with van der Waals surface area (Å²) >= 11 is 0. The summed E-state index contributed by atoms with van der Waals surface area (Å²) in [6, 6.07) is 8.47. The molecular weight excluding hydrogens is 218 g/mol. The molecule has 0 fully saturated rings. The number of amides is 2. The molecule has 5 heteroatoms. The van der Waals surface area contributed by atoms with Crippen LogP contribution >= 0.6 is 0 Å². The largest absolute Gasteiger partial charge is 0.355 e. The maximum absolute atomic E-state index is 11.6. The van der Waals surface area contributed by atoms with Crippen LogP contribution in [0.15, 0.2) is 30.3 Å². The Bertz CT molecular complexity index is 379. The molecule has 2 amide bonds. The number of nitrogens with two attached hydrogens (primary N) is 1. The normalized spacial score (nSPS) is 11.6. The van der Waals surface area contributed by atoms with Crippen molar-refractivity contribution in [2.75, 3.05) is 13.1 Å². The molecule has 5 nitrogen and oxygen atoms in total. The summed E-state index contributed by atoms with van der Waals surface area (Å²) in [6.07, 6.45) is 0. The van der Waals surface area contributed by atoms with E-state index >= 15 is 0 Å². The number of rotatable bonds is 5. The minimum absolute atomic E-state index is 0.119. The number of carbonyl (C=O) groups is 2. The van der Waals surface area contributed by atoms with Crippen molar-refractivity contribution in [2.45, 2.75) is 13.0 Å². The van der Waals surface area contributed by atoms with Crippen molar-refractivity contribution in [1.82, 2.24) is 10.6 Å². The highest BCUT2D eigenvalue weighted by Crippen LogP contribution is 2.08. The van der Waals surface area contributed by atoms with E-state index in [1.807, 2.05) is 18.2 Å². The molecule has 0 heterocycles. The summed E-state index contributed by atoms with van der Waals surface area (Å²) in [6.45, 7) is 2.21. The van der Waals surface area contributed by atoms with Crippen LogP contribution in [-0.2, 0) is 9.59 Å². The fourth-order valence-electron chi connectivity index (χ4n) is 1.35. The molecule has 0 radical (unpaired) electrons. The Morgan fingerprint density at radius 1 is 1.18 bits per heavy atom. The minimum Gasteiger partial charge on any atom is -0.355 e. The number of carbonyl (C=O) groups excluding carboxylic acids is 2. The first-order valence-corrected chi connectivity index (χ1v) is 5.44. The van der Waals surface area contributed by atoms with Gasteiger partial charge in [-0.25, -0.2) is 0 Å². The summed E-state index contributed by atoms with van der Waals surface area (Å²) in [4.78, 5) is 22.2. The van der Waals surface area contributed by atoms with Crippen LogP contribution in [0.25, 0.3) is 0 Å². The SMILES string of the molecule is CC(=O)NCCNC(=O)[C@H](N)c1ccccc1. The van der Waals surface area contributed by atoms with Crippen LogP contribution in [0.3, 0.4) is 0 Å². The van der Waals surface area contributed by atoms with Gasteiger partial charge in [0.15, 0.2) is 0 Å².